The van der Waals surface area contributed by atoms with E-state index < -0.39 is 0 Å². The van der Waals surface area contributed by atoms with E-state index >= 15 is 0 Å². The maximum absolute atomic E-state index is 14.0. The van der Waals surface area contributed by atoms with Crippen LogP contribution in [-0.4, -0.2) is 57.6 Å². The third-order valence-corrected chi connectivity index (χ3v) is 8.76. The number of rotatable bonds is 5. The first-order valence-electron chi connectivity index (χ1n) is 13.9. The van der Waals surface area contributed by atoms with E-state index in [2.05, 4.69) is 33.8 Å². The molecule has 2 aliphatic carbocycles. The average Bonchev–Trinajstić information content (AvgIpc) is 3.64. The number of amides is 1. The van der Waals surface area contributed by atoms with Gasteiger partial charge in [0.05, 0.1) is 25.2 Å². The van der Waals surface area contributed by atoms with Crippen LogP contribution in [0.5, 0.6) is 5.75 Å². The van der Waals surface area contributed by atoms with Crippen LogP contribution in [0.4, 0.5) is 11.8 Å². The Balaban J connectivity index is 1.34. The lowest BCUT2D eigenvalue weighted by Gasteiger charge is -2.35. The number of nitrogens with zero attached hydrogens (tertiary/aromatic N) is 5. The highest BCUT2D eigenvalue weighted by Gasteiger charge is 2.49. The third-order valence-electron chi connectivity index (χ3n) is 8.76. The fraction of sp³-hybridized carbons (Fsp3) is 0.607. The second-order valence-electron chi connectivity index (χ2n) is 11.1. The highest BCUT2D eigenvalue weighted by Crippen LogP contribution is 2.42. The first-order valence-corrected chi connectivity index (χ1v) is 13.9. The number of aromatic nitrogens is 2. The van der Waals surface area contributed by atoms with Gasteiger partial charge in [-0.05, 0) is 62.6 Å². The Labute approximate surface area is 212 Å². The van der Waals surface area contributed by atoms with Crippen molar-refractivity contribution in [1.29, 1.82) is 0 Å². The van der Waals surface area contributed by atoms with Crippen LogP contribution in [0.25, 0.3) is 0 Å². The lowest BCUT2D eigenvalue weighted by atomic mass is 9.96. The molecule has 1 aromatic carbocycles. The standard InChI is InChI=1S/C28H36N6O2/c1-3-32-26(35)23-25(34-22-11-7-10-21(22)30-28(32)34)31-27(29-20-8-5-4-6-9-20)33(23)16-18-14-17(2)24-19(15-18)12-13-36-24/h14-15,20-22H,3-13,16H2,1-2H3,(H,29,31)/t21-,22+/m1/s1. The van der Waals surface area contributed by atoms with Crippen molar-refractivity contribution in [2.24, 2.45) is 4.99 Å². The molecule has 7 rings (SSSR count). The Morgan fingerprint density at radius 3 is 2.81 bits per heavy atom. The van der Waals surface area contributed by atoms with Crippen LogP contribution in [-0.2, 0) is 13.0 Å². The van der Waals surface area contributed by atoms with Crippen LogP contribution in [0, 0.1) is 6.92 Å². The third kappa shape index (κ3) is 3.36. The maximum Gasteiger partial charge on any atom is 0.281 e. The first-order chi connectivity index (χ1) is 17.6. The van der Waals surface area contributed by atoms with Crippen LogP contribution in [0.3, 0.4) is 0 Å². The van der Waals surface area contributed by atoms with Crippen molar-refractivity contribution >= 4 is 23.6 Å². The second-order valence-corrected chi connectivity index (χ2v) is 11.1. The van der Waals surface area contributed by atoms with Gasteiger partial charge in [0.1, 0.15) is 5.75 Å². The summed E-state index contributed by atoms with van der Waals surface area (Å²) >= 11 is 0. The molecule has 36 heavy (non-hydrogen) atoms. The van der Waals surface area contributed by atoms with Crippen molar-refractivity contribution in [2.45, 2.75) is 96.3 Å². The van der Waals surface area contributed by atoms with Crippen molar-refractivity contribution in [3.8, 4) is 5.75 Å². The van der Waals surface area contributed by atoms with Gasteiger partial charge in [-0.2, -0.15) is 4.98 Å². The van der Waals surface area contributed by atoms with E-state index in [0.717, 1.165) is 62.2 Å². The zero-order valence-electron chi connectivity index (χ0n) is 21.4. The number of aryl methyl sites for hydroxylation is 1. The zero-order chi connectivity index (χ0) is 24.4. The number of guanidine groups is 1. The van der Waals surface area contributed by atoms with Gasteiger partial charge in [0.25, 0.3) is 5.91 Å². The number of nitrogens with one attached hydrogen (secondary N) is 1. The minimum absolute atomic E-state index is 0.0212. The highest BCUT2D eigenvalue weighted by molar-refractivity contribution is 6.18. The average molecular weight is 489 g/mol. The van der Waals surface area contributed by atoms with E-state index in [4.69, 9.17) is 14.7 Å². The molecule has 3 aliphatic heterocycles. The Morgan fingerprint density at radius 1 is 1.11 bits per heavy atom. The number of fused-ring (bicyclic) bond motifs is 6. The van der Waals surface area contributed by atoms with E-state index in [0.29, 0.717) is 30.9 Å². The molecule has 190 valence electrons. The van der Waals surface area contributed by atoms with Gasteiger partial charge in [-0.1, -0.05) is 31.4 Å². The second kappa shape index (κ2) is 8.53. The number of anilines is 2. The molecule has 2 atom stereocenters. The molecule has 2 aromatic rings. The number of carbonyl (C=O) groups is 1. The van der Waals surface area contributed by atoms with Crippen LogP contribution >= 0.6 is 0 Å². The smallest absolute Gasteiger partial charge is 0.281 e. The quantitative estimate of drug-likeness (QED) is 0.671. The number of imidazole rings is 1. The van der Waals surface area contributed by atoms with E-state index in [1.807, 2.05) is 11.8 Å². The fourth-order valence-electron chi connectivity index (χ4n) is 7.06. The minimum atomic E-state index is 0.0212. The molecule has 4 heterocycles. The summed E-state index contributed by atoms with van der Waals surface area (Å²) in [5, 5.41) is 3.78. The molecule has 8 heteroatoms. The van der Waals surface area contributed by atoms with Gasteiger partial charge in [-0.3, -0.25) is 19.2 Å². The number of ether oxygens (including phenoxy) is 1. The van der Waals surface area contributed by atoms with Crippen LogP contribution in [0.1, 0.15) is 85.5 Å². The van der Waals surface area contributed by atoms with Gasteiger partial charge in [-0.25, -0.2) is 4.99 Å². The number of hydrogen-bond acceptors (Lipinski definition) is 6. The Morgan fingerprint density at radius 2 is 1.97 bits per heavy atom. The number of benzene rings is 1. The molecule has 1 amide bonds. The summed E-state index contributed by atoms with van der Waals surface area (Å²) in [5.74, 6) is 3.49. The molecule has 0 saturated heterocycles. The predicted octanol–water partition coefficient (Wildman–Crippen LogP) is 4.49. The highest BCUT2D eigenvalue weighted by atomic mass is 16.5. The summed E-state index contributed by atoms with van der Waals surface area (Å²) in [6, 6.07) is 5.45. The van der Waals surface area contributed by atoms with Gasteiger partial charge in [-0.15, -0.1) is 0 Å². The summed E-state index contributed by atoms with van der Waals surface area (Å²) in [5.41, 5.74) is 4.33. The summed E-state index contributed by atoms with van der Waals surface area (Å²) in [6.07, 6.45) is 10.4. The van der Waals surface area contributed by atoms with Crippen LogP contribution in [0.15, 0.2) is 17.1 Å². The predicted molar refractivity (Wildman–Crippen MR) is 140 cm³/mol. The topological polar surface area (TPSA) is 75.0 Å². The monoisotopic (exact) mass is 488 g/mol. The number of hydrogen-bond donors (Lipinski definition) is 1. The molecule has 2 saturated carbocycles. The van der Waals surface area contributed by atoms with Crippen molar-refractivity contribution in [2.75, 3.05) is 23.4 Å². The minimum Gasteiger partial charge on any atom is -0.493 e. The molecule has 0 bridgehead atoms. The van der Waals surface area contributed by atoms with Crippen molar-refractivity contribution < 1.29 is 9.53 Å². The van der Waals surface area contributed by atoms with Crippen LogP contribution < -0.4 is 15.0 Å². The van der Waals surface area contributed by atoms with Gasteiger partial charge < -0.3 is 10.1 Å². The van der Waals surface area contributed by atoms with Crippen molar-refractivity contribution in [1.82, 2.24) is 14.5 Å². The molecular formula is C28H36N6O2. The largest absolute Gasteiger partial charge is 0.493 e. The lowest BCUT2D eigenvalue weighted by molar-refractivity contribution is 0.0836. The Kier molecular flexibility index (Phi) is 5.26. The summed E-state index contributed by atoms with van der Waals surface area (Å²) in [4.78, 5) is 28.4. The molecule has 5 aliphatic rings. The van der Waals surface area contributed by atoms with Gasteiger partial charge in [0.15, 0.2) is 11.5 Å². The number of carbonyl (C=O) groups excluding carboxylic acids is 1. The Bertz CT molecular complexity index is 1240. The summed E-state index contributed by atoms with van der Waals surface area (Å²) in [6.45, 7) is 6.14. The molecule has 0 unspecified atom stereocenters. The van der Waals surface area contributed by atoms with E-state index in [1.54, 1.807) is 0 Å². The van der Waals surface area contributed by atoms with Crippen molar-refractivity contribution in [3.05, 3.63) is 34.5 Å². The summed E-state index contributed by atoms with van der Waals surface area (Å²) < 4.78 is 8.01. The molecule has 8 nitrogen and oxygen atoms in total. The van der Waals surface area contributed by atoms with Crippen molar-refractivity contribution in [3.63, 3.8) is 0 Å². The van der Waals surface area contributed by atoms with E-state index in [1.165, 1.54) is 42.4 Å². The molecule has 2 fully saturated rings. The zero-order valence-corrected chi connectivity index (χ0v) is 21.4. The first kappa shape index (κ1) is 22.2. The molecule has 0 radical (unpaired) electrons. The SMILES string of the molecule is CCN1C(=O)c2c(nc(NC3CCCCC3)n2Cc2cc(C)c3c(c2)CCO3)N2C1=N[C@@H]1CCC[C@@H]12. The van der Waals surface area contributed by atoms with Gasteiger partial charge in [0, 0.05) is 19.0 Å². The maximum atomic E-state index is 14.0. The van der Waals surface area contributed by atoms with Gasteiger partial charge in [0.2, 0.25) is 11.9 Å². The molecule has 0 spiro atoms. The normalized spacial score (nSPS) is 24.8. The van der Waals surface area contributed by atoms with E-state index in [-0.39, 0.29) is 11.9 Å². The number of aliphatic imine (C=N–C) groups is 1. The Hall–Kier alpha value is -3.03. The fourth-order valence-corrected chi connectivity index (χ4v) is 7.06. The van der Waals surface area contributed by atoms with Gasteiger partial charge >= 0.3 is 0 Å². The van der Waals surface area contributed by atoms with E-state index in [9.17, 15) is 4.79 Å². The molecular weight excluding hydrogens is 452 g/mol. The lowest BCUT2D eigenvalue weighted by Crippen LogP contribution is -2.53. The summed E-state index contributed by atoms with van der Waals surface area (Å²) in [7, 11) is 0. The molecule has 1 N–H and O–H groups in total. The molecule has 1 aromatic heterocycles. The van der Waals surface area contributed by atoms with Crippen LogP contribution in [0.2, 0.25) is 0 Å².